The Kier molecular flexibility index (Phi) is 9.37. The van der Waals surface area contributed by atoms with Crippen LogP contribution in [0.5, 0.6) is 5.88 Å². The highest BCUT2D eigenvalue weighted by molar-refractivity contribution is 7.86. The third kappa shape index (κ3) is 8.19. The lowest BCUT2D eigenvalue weighted by atomic mass is 9.81. The zero-order valence-corrected chi connectivity index (χ0v) is 24.1. The summed E-state index contributed by atoms with van der Waals surface area (Å²) < 4.78 is 75.3. The van der Waals surface area contributed by atoms with Crippen LogP contribution in [0, 0.1) is 11.3 Å². The number of carbonyl (C=O) groups excluding carboxylic acids is 1. The number of nitrogens with zero attached hydrogens (tertiary/aromatic N) is 2. The van der Waals surface area contributed by atoms with Crippen LogP contribution in [0.25, 0.3) is 0 Å². The number of hydrogen-bond donors (Lipinski definition) is 1. The maximum Gasteiger partial charge on any atom is 0.417 e. The standard InChI is InChI=1S/C28H27ClF3N3O5S/c1-18(35-25(36)26(2,3)39-24-13-10-22(17-34-24)28(30,31)32)27(40-41(4,37)38,15-19-8-11-23(29)12-9-19)21-7-5-6-20(14-21)16-33/h5-14,17-18H,15H2,1-4H3,(H,35,36)/t18-,27?/m0/s1. The SMILES string of the molecule is C[C@H](NC(=O)C(C)(C)Oc1ccc(C(F)(F)F)cn1)C(Cc1ccc(Cl)cc1)(OS(C)(=O)=O)c1cccc(C#N)c1. The Labute approximate surface area is 241 Å². The first-order valence-corrected chi connectivity index (χ1v) is 14.3. The summed E-state index contributed by atoms with van der Waals surface area (Å²) in [6.45, 7) is 4.29. The van der Waals surface area contributed by atoms with Crippen LogP contribution >= 0.6 is 11.6 Å². The number of carbonyl (C=O) groups is 1. The monoisotopic (exact) mass is 609 g/mol. The van der Waals surface area contributed by atoms with Gasteiger partial charge in [0.1, 0.15) is 5.60 Å². The highest BCUT2D eigenvalue weighted by atomic mass is 35.5. The Morgan fingerprint density at radius 1 is 1.10 bits per heavy atom. The van der Waals surface area contributed by atoms with E-state index in [2.05, 4.69) is 10.3 Å². The predicted octanol–water partition coefficient (Wildman–Crippen LogP) is 5.40. The summed E-state index contributed by atoms with van der Waals surface area (Å²) >= 11 is 6.03. The van der Waals surface area contributed by atoms with E-state index in [1.807, 2.05) is 6.07 Å². The van der Waals surface area contributed by atoms with Crippen molar-refractivity contribution in [2.45, 2.75) is 50.6 Å². The summed E-state index contributed by atoms with van der Waals surface area (Å²) in [6.07, 6.45) is -3.19. The van der Waals surface area contributed by atoms with E-state index in [1.165, 1.54) is 32.9 Å². The molecule has 3 rings (SSSR count). The van der Waals surface area contributed by atoms with Crippen molar-refractivity contribution < 1.29 is 35.3 Å². The molecule has 41 heavy (non-hydrogen) atoms. The number of rotatable bonds is 10. The number of ether oxygens (including phenoxy) is 1. The lowest BCUT2D eigenvalue weighted by molar-refractivity contribution is -0.139. The van der Waals surface area contributed by atoms with Crippen LogP contribution in [0.1, 0.15) is 43.0 Å². The van der Waals surface area contributed by atoms with Gasteiger partial charge in [-0.3, -0.25) is 8.98 Å². The molecule has 1 heterocycles. The van der Waals surface area contributed by atoms with Crippen LogP contribution in [0.3, 0.4) is 0 Å². The van der Waals surface area contributed by atoms with Crippen molar-refractivity contribution in [3.63, 3.8) is 0 Å². The molecule has 0 saturated heterocycles. The first-order valence-electron chi connectivity index (χ1n) is 12.1. The molecule has 8 nitrogen and oxygen atoms in total. The first kappa shape index (κ1) is 31.9. The largest absolute Gasteiger partial charge is 0.462 e. The average molecular weight is 610 g/mol. The van der Waals surface area contributed by atoms with Crippen LogP contribution in [0.15, 0.2) is 66.9 Å². The number of pyridine rings is 1. The third-order valence-electron chi connectivity index (χ3n) is 6.18. The fourth-order valence-electron chi connectivity index (χ4n) is 4.09. The molecule has 1 unspecified atom stereocenters. The molecule has 0 bridgehead atoms. The van der Waals surface area contributed by atoms with Gasteiger partial charge in [-0.1, -0.05) is 35.9 Å². The molecule has 1 N–H and O–H groups in total. The van der Waals surface area contributed by atoms with Gasteiger partial charge in [0.2, 0.25) is 5.88 Å². The van der Waals surface area contributed by atoms with E-state index in [4.69, 9.17) is 20.5 Å². The minimum absolute atomic E-state index is 0.0602. The van der Waals surface area contributed by atoms with Crippen molar-refractivity contribution in [2.75, 3.05) is 6.26 Å². The molecule has 0 saturated carbocycles. The second-order valence-electron chi connectivity index (χ2n) is 9.86. The average Bonchev–Trinajstić information content (AvgIpc) is 2.88. The van der Waals surface area contributed by atoms with Crippen molar-refractivity contribution in [1.82, 2.24) is 10.3 Å². The summed E-state index contributed by atoms with van der Waals surface area (Å²) in [5, 5.41) is 12.7. The van der Waals surface area contributed by atoms with E-state index in [9.17, 15) is 31.6 Å². The Balaban J connectivity index is 2.01. The number of aromatic nitrogens is 1. The summed E-state index contributed by atoms with van der Waals surface area (Å²) in [7, 11) is -4.15. The minimum atomic E-state index is -4.59. The van der Waals surface area contributed by atoms with Gasteiger partial charge in [0.25, 0.3) is 16.0 Å². The van der Waals surface area contributed by atoms with E-state index in [0.717, 1.165) is 18.4 Å². The first-order chi connectivity index (χ1) is 18.9. The second-order valence-corrected chi connectivity index (χ2v) is 11.9. The van der Waals surface area contributed by atoms with Crippen molar-refractivity contribution in [3.05, 3.63) is 94.1 Å². The number of nitriles is 1. The molecule has 13 heteroatoms. The highest BCUT2D eigenvalue weighted by Gasteiger charge is 2.45. The molecule has 0 aliphatic carbocycles. The van der Waals surface area contributed by atoms with Gasteiger partial charge in [0.15, 0.2) is 5.60 Å². The lowest BCUT2D eigenvalue weighted by Gasteiger charge is -2.40. The van der Waals surface area contributed by atoms with Crippen LogP contribution in [0.2, 0.25) is 5.02 Å². The Bertz CT molecular complexity index is 1540. The summed E-state index contributed by atoms with van der Waals surface area (Å²) in [5.41, 5.74) is -3.24. The van der Waals surface area contributed by atoms with Gasteiger partial charge in [0.05, 0.1) is 29.5 Å². The van der Waals surface area contributed by atoms with E-state index in [1.54, 1.807) is 36.4 Å². The van der Waals surface area contributed by atoms with Gasteiger partial charge in [-0.2, -0.15) is 26.9 Å². The van der Waals surface area contributed by atoms with E-state index < -0.39 is 45.0 Å². The summed E-state index contributed by atoms with van der Waals surface area (Å²) in [5.74, 6) is -0.965. The van der Waals surface area contributed by atoms with Gasteiger partial charge in [-0.25, -0.2) is 4.98 Å². The van der Waals surface area contributed by atoms with E-state index in [0.29, 0.717) is 22.3 Å². The quantitative estimate of drug-likeness (QED) is 0.306. The fourth-order valence-corrected chi connectivity index (χ4v) is 5.05. The predicted molar refractivity (Wildman–Crippen MR) is 145 cm³/mol. The fraction of sp³-hybridized carbons (Fsp3) is 0.321. The van der Waals surface area contributed by atoms with Gasteiger partial charge >= 0.3 is 6.18 Å². The molecular weight excluding hydrogens is 583 g/mol. The molecule has 1 amide bonds. The van der Waals surface area contributed by atoms with Crippen LogP contribution in [-0.4, -0.2) is 37.2 Å². The smallest absolute Gasteiger partial charge is 0.417 e. The van der Waals surface area contributed by atoms with Gasteiger partial charge < -0.3 is 10.1 Å². The molecule has 0 spiro atoms. The number of halogens is 4. The zero-order valence-electron chi connectivity index (χ0n) is 22.5. The molecule has 218 valence electrons. The molecule has 1 aromatic heterocycles. The lowest BCUT2D eigenvalue weighted by Crippen LogP contribution is -2.57. The molecule has 0 aliphatic rings. The number of nitrogens with one attached hydrogen (secondary N) is 1. The molecular formula is C28H27ClF3N3O5S. The molecule has 0 radical (unpaired) electrons. The number of amides is 1. The number of alkyl halides is 3. The van der Waals surface area contributed by atoms with Crippen LogP contribution in [0.4, 0.5) is 13.2 Å². The molecule has 0 aliphatic heterocycles. The van der Waals surface area contributed by atoms with Crippen LogP contribution < -0.4 is 10.1 Å². The maximum atomic E-state index is 13.5. The van der Waals surface area contributed by atoms with Gasteiger partial charge in [-0.15, -0.1) is 0 Å². The van der Waals surface area contributed by atoms with Crippen molar-refractivity contribution in [2.24, 2.45) is 0 Å². The van der Waals surface area contributed by atoms with E-state index in [-0.39, 0.29) is 17.9 Å². The van der Waals surface area contributed by atoms with Gasteiger partial charge in [0, 0.05) is 23.7 Å². The summed E-state index contributed by atoms with van der Waals surface area (Å²) in [6, 6.07) is 15.5. The number of benzene rings is 2. The molecule has 2 atom stereocenters. The minimum Gasteiger partial charge on any atom is -0.462 e. The summed E-state index contributed by atoms with van der Waals surface area (Å²) in [4.78, 5) is 17.1. The van der Waals surface area contributed by atoms with Gasteiger partial charge in [-0.05, 0) is 62.2 Å². The van der Waals surface area contributed by atoms with Crippen molar-refractivity contribution in [3.8, 4) is 11.9 Å². The topological polar surface area (TPSA) is 118 Å². The third-order valence-corrected chi connectivity index (χ3v) is 7.03. The van der Waals surface area contributed by atoms with Crippen molar-refractivity contribution in [1.29, 1.82) is 5.26 Å². The maximum absolute atomic E-state index is 13.5. The Morgan fingerprint density at radius 2 is 1.76 bits per heavy atom. The molecule has 2 aromatic carbocycles. The zero-order chi connectivity index (χ0) is 30.6. The number of hydrogen-bond acceptors (Lipinski definition) is 7. The van der Waals surface area contributed by atoms with Crippen molar-refractivity contribution >= 4 is 27.6 Å². The molecule has 3 aromatic rings. The molecule has 0 fully saturated rings. The van der Waals surface area contributed by atoms with E-state index >= 15 is 0 Å². The second kappa shape index (κ2) is 12.1. The normalized spacial score (nSPS) is 14.4. The van der Waals surface area contributed by atoms with Crippen LogP contribution in [-0.2, 0) is 37.3 Å². The Hall–Kier alpha value is -3.66. The highest BCUT2D eigenvalue weighted by Crippen LogP contribution is 2.37. The Morgan fingerprint density at radius 3 is 2.29 bits per heavy atom.